The summed E-state index contributed by atoms with van der Waals surface area (Å²) in [5, 5.41) is 3.13. The molecule has 0 radical (unpaired) electrons. The van der Waals surface area contributed by atoms with Crippen LogP contribution in [0.1, 0.15) is 24.0 Å². The number of hydrogen-bond donors (Lipinski definition) is 1. The summed E-state index contributed by atoms with van der Waals surface area (Å²) in [4.78, 5) is 18.6. The molecule has 1 fully saturated rings. The van der Waals surface area contributed by atoms with Gasteiger partial charge in [-0.15, -0.1) is 0 Å². The van der Waals surface area contributed by atoms with E-state index in [1.165, 1.54) is 5.56 Å². The average Bonchev–Trinajstić information content (AvgIpc) is 2.67. The fourth-order valence-electron chi connectivity index (χ4n) is 3.20. The van der Waals surface area contributed by atoms with Crippen molar-refractivity contribution >= 4 is 12.0 Å². The number of rotatable bonds is 6. The SMILES string of the molecule is O=C(/C=C/c1ccncc1)NC1CCCN(CCc2ccccc2)C1. The van der Waals surface area contributed by atoms with E-state index in [0.717, 1.165) is 44.5 Å². The van der Waals surface area contributed by atoms with Crippen molar-refractivity contribution in [1.29, 1.82) is 0 Å². The number of hydrogen-bond acceptors (Lipinski definition) is 3. The largest absolute Gasteiger partial charge is 0.349 e. The first-order chi connectivity index (χ1) is 12.3. The summed E-state index contributed by atoms with van der Waals surface area (Å²) in [6.45, 7) is 3.09. The van der Waals surface area contributed by atoms with Crippen LogP contribution < -0.4 is 5.32 Å². The molecule has 0 saturated carbocycles. The van der Waals surface area contributed by atoms with Crippen molar-refractivity contribution in [2.75, 3.05) is 19.6 Å². The number of nitrogens with one attached hydrogen (secondary N) is 1. The van der Waals surface area contributed by atoms with Crippen LogP contribution in [-0.4, -0.2) is 41.5 Å². The van der Waals surface area contributed by atoms with Gasteiger partial charge >= 0.3 is 0 Å². The van der Waals surface area contributed by atoms with E-state index in [2.05, 4.69) is 45.5 Å². The summed E-state index contributed by atoms with van der Waals surface area (Å²) in [5.74, 6) is -0.0216. The fourth-order valence-corrected chi connectivity index (χ4v) is 3.20. The van der Waals surface area contributed by atoms with E-state index >= 15 is 0 Å². The first-order valence-corrected chi connectivity index (χ1v) is 8.94. The number of benzene rings is 1. The second-order valence-corrected chi connectivity index (χ2v) is 6.50. The Balaban J connectivity index is 1.45. The number of nitrogens with zero attached hydrogens (tertiary/aromatic N) is 2. The fraction of sp³-hybridized carbons (Fsp3) is 0.333. The Labute approximate surface area is 149 Å². The van der Waals surface area contributed by atoms with E-state index in [9.17, 15) is 4.79 Å². The molecule has 1 atom stereocenters. The number of carbonyl (C=O) groups is 1. The normalized spacial score (nSPS) is 18.3. The topological polar surface area (TPSA) is 45.2 Å². The molecule has 1 N–H and O–H groups in total. The minimum absolute atomic E-state index is 0.0216. The molecule has 130 valence electrons. The summed E-state index contributed by atoms with van der Waals surface area (Å²) in [6, 6.07) is 14.6. The van der Waals surface area contributed by atoms with Gasteiger partial charge in [0.05, 0.1) is 0 Å². The lowest BCUT2D eigenvalue weighted by atomic mass is 10.0. The molecule has 1 aliphatic rings. The average molecular weight is 335 g/mol. The Bertz CT molecular complexity index is 685. The van der Waals surface area contributed by atoms with Crippen molar-refractivity contribution in [3.8, 4) is 0 Å². The number of amides is 1. The highest BCUT2D eigenvalue weighted by Gasteiger charge is 2.20. The third kappa shape index (κ3) is 5.84. The summed E-state index contributed by atoms with van der Waals surface area (Å²) in [7, 11) is 0. The monoisotopic (exact) mass is 335 g/mol. The first-order valence-electron chi connectivity index (χ1n) is 8.94. The molecular formula is C21H25N3O. The Kier molecular flexibility index (Phi) is 6.35. The van der Waals surface area contributed by atoms with Crippen LogP contribution in [0, 0.1) is 0 Å². The Morgan fingerprint density at radius 3 is 2.80 bits per heavy atom. The third-order valence-electron chi connectivity index (χ3n) is 4.54. The van der Waals surface area contributed by atoms with Crippen LogP contribution in [0.3, 0.4) is 0 Å². The van der Waals surface area contributed by atoms with Crippen molar-refractivity contribution in [3.05, 3.63) is 72.1 Å². The van der Waals surface area contributed by atoms with Crippen molar-refractivity contribution < 1.29 is 4.79 Å². The second-order valence-electron chi connectivity index (χ2n) is 6.50. The Morgan fingerprint density at radius 1 is 1.20 bits per heavy atom. The van der Waals surface area contributed by atoms with E-state index in [0.29, 0.717) is 0 Å². The minimum atomic E-state index is -0.0216. The van der Waals surface area contributed by atoms with E-state index in [1.54, 1.807) is 18.5 Å². The maximum atomic E-state index is 12.1. The van der Waals surface area contributed by atoms with Crippen LogP contribution in [0.25, 0.3) is 6.08 Å². The number of aromatic nitrogens is 1. The maximum Gasteiger partial charge on any atom is 0.244 e. The zero-order chi connectivity index (χ0) is 17.3. The molecule has 25 heavy (non-hydrogen) atoms. The molecule has 1 aromatic carbocycles. The van der Waals surface area contributed by atoms with Gasteiger partial charge in [0.25, 0.3) is 0 Å². The zero-order valence-corrected chi connectivity index (χ0v) is 14.5. The van der Waals surface area contributed by atoms with Gasteiger partial charge in [-0.3, -0.25) is 9.78 Å². The Morgan fingerprint density at radius 2 is 2.00 bits per heavy atom. The lowest BCUT2D eigenvalue weighted by Crippen LogP contribution is -2.47. The van der Waals surface area contributed by atoms with Gasteiger partial charge in [-0.25, -0.2) is 0 Å². The van der Waals surface area contributed by atoms with Gasteiger partial charge in [0.15, 0.2) is 0 Å². The van der Waals surface area contributed by atoms with Gasteiger partial charge in [0.2, 0.25) is 5.91 Å². The second kappa shape index (κ2) is 9.14. The van der Waals surface area contributed by atoms with E-state index in [-0.39, 0.29) is 11.9 Å². The highest BCUT2D eigenvalue weighted by atomic mass is 16.1. The summed E-state index contributed by atoms with van der Waals surface area (Å²) >= 11 is 0. The minimum Gasteiger partial charge on any atom is -0.349 e. The predicted molar refractivity (Wildman–Crippen MR) is 101 cm³/mol. The van der Waals surface area contributed by atoms with Crippen LogP contribution in [0.2, 0.25) is 0 Å². The molecule has 3 rings (SSSR count). The number of carbonyl (C=O) groups excluding carboxylic acids is 1. The third-order valence-corrected chi connectivity index (χ3v) is 4.54. The maximum absolute atomic E-state index is 12.1. The molecule has 1 aliphatic heterocycles. The Hall–Kier alpha value is -2.46. The van der Waals surface area contributed by atoms with Gasteiger partial charge in [0.1, 0.15) is 0 Å². The van der Waals surface area contributed by atoms with Crippen molar-refractivity contribution in [2.24, 2.45) is 0 Å². The molecule has 0 bridgehead atoms. The van der Waals surface area contributed by atoms with Crippen LogP contribution >= 0.6 is 0 Å². The molecule has 0 aliphatic carbocycles. The molecule has 4 heteroatoms. The van der Waals surface area contributed by atoms with Gasteiger partial charge in [-0.1, -0.05) is 30.3 Å². The predicted octanol–water partition coefficient (Wildman–Crippen LogP) is 2.92. The summed E-state index contributed by atoms with van der Waals surface area (Å²) in [5.41, 5.74) is 2.35. The van der Waals surface area contributed by atoms with Gasteiger partial charge < -0.3 is 10.2 Å². The van der Waals surface area contributed by atoms with Gasteiger partial charge in [0, 0.05) is 37.6 Å². The lowest BCUT2D eigenvalue weighted by Gasteiger charge is -2.33. The van der Waals surface area contributed by atoms with Crippen LogP contribution in [-0.2, 0) is 11.2 Å². The standard InChI is InChI=1S/C21H25N3O/c25-21(9-8-19-10-13-22-14-11-19)23-20-7-4-15-24(17-20)16-12-18-5-2-1-3-6-18/h1-3,5-6,8-11,13-14,20H,4,7,12,15-17H2,(H,23,25)/b9-8+. The summed E-state index contributed by atoms with van der Waals surface area (Å²) < 4.78 is 0. The molecule has 0 spiro atoms. The lowest BCUT2D eigenvalue weighted by molar-refractivity contribution is -0.117. The number of pyridine rings is 1. The van der Waals surface area contributed by atoms with E-state index in [4.69, 9.17) is 0 Å². The smallest absolute Gasteiger partial charge is 0.244 e. The van der Waals surface area contributed by atoms with Gasteiger partial charge in [-0.05, 0) is 55.1 Å². The molecule has 1 amide bonds. The van der Waals surface area contributed by atoms with Crippen molar-refractivity contribution in [1.82, 2.24) is 15.2 Å². The molecule has 1 aromatic heterocycles. The molecule has 1 unspecified atom stereocenters. The van der Waals surface area contributed by atoms with Crippen LogP contribution in [0.5, 0.6) is 0 Å². The molecule has 1 saturated heterocycles. The number of likely N-dealkylation sites (tertiary alicyclic amines) is 1. The highest BCUT2D eigenvalue weighted by Crippen LogP contribution is 2.11. The molecule has 2 heterocycles. The first kappa shape index (κ1) is 17.4. The van der Waals surface area contributed by atoms with Gasteiger partial charge in [-0.2, -0.15) is 0 Å². The molecular weight excluding hydrogens is 310 g/mol. The quantitative estimate of drug-likeness (QED) is 0.826. The number of piperidine rings is 1. The zero-order valence-electron chi connectivity index (χ0n) is 14.5. The van der Waals surface area contributed by atoms with Crippen molar-refractivity contribution in [2.45, 2.75) is 25.3 Å². The van der Waals surface area contributed by atoms with Crippen LogP contribution in [0.4, 0.5) is 0 Å². The molecule has 4 nitrogen and oxygen atoms in total. The highest BCUT2D eigenvalue weighted by molar-refractivity contribution is 5.91. The molecule has 2 aromatic rings. The van der Waals surface area contributed by atoms with E-state index < -0.39 is 0 Å². The van der Waals surface area contributed by atoms with Crippen LogP contribution in [0.15, 0.2) is 60.9 Å². The van der Waals surface area contributed by atoms with Crippen molar-refractivity contribution in [3.63, 3.8) is 0 Å². The van der Waals surface area contributed by atoms with E-state index in [1.807, 2.05) is 18.2 Å². The summed E-state index contributed by atoms with van der Waals surface area (Å²) in [6.07, 6.45) is 10.1.